The summed E-state index contributed by atoms with van der Waals surface area (Å²) in [6, 6.07) is 0. The fourth-order valence-electron chi connectivity index (χ4n) is 0.936. The van der Waals surface area contributed by atoms with Gasteiger partial charge in [-0.05, 0) is 19.0 Å². The van der Waals surface area contributed by atoms with E-state index in [1.54, 1.807) is 11.8 Å². The minimum Gasteiger partial charge on any atom is -0.477 e. The Morgan fingerprint density at radius 3 is 3.00 bits per heavy atom. The lowest BCUT2D eigenvalue weighted by atomic mass is 10.2. The minimum absolute atomic E-state index is 0.230. The molecule has 0 aliphatic carbocycles. The van der Waals surface area contributed by atoms with Crippen molar-refractivity contribution in [2.45, 2.75) is 18.6 Å². The average Bonchev–Trinajstić information content (AvgIpc) is 2.15. The summed E-state index contributed by atoms with van der Waals surface area (Å²) >= 11 is 1.72. The molecule has 1 saturated heterocycles. The van der Waals surface area contributed by atoms with Crippen LogP contribution < -0.4 is 5.32 Å². The number of carbonyl (C=O) groups is 1. The summed E-state index contributed by atoms with van der Waals surface area (Å²) in [7, 11) is 1.48. The zero-order valence-electron chi connectivity index (χ0n) is 8.49. The van der Waals surface area contributed by atoms with Crippen molar-refractivity contribution in [1.29, 1.82) is 0 Å². The number of hydrogen-bond acceptors (Lipinski definition) is 5. The van der Waals surface area contributed by atoms with E-state index in [1.807, 2.05) is 13.8 Å². The van der Waals surface area contributed by atoms with E-state index in [0.717, 1.165) is 5.75 Å². The highest BCUT2D eigenvalue weighted by atomic mass is 32.2. The van der Waals surface area contributed by atoms with Crippen molar-refractivity contribution in [3.05, 3.63) is 0 Å². The lowest BCUT2D eigenvalue weighted by molar-refractivity contribution is 0.145. The van der Waals surface area contributed by atoms with Crippen molar-refractivity contribution in [3.8, 4) is 0 Å². The number of nitrogens with one attached hydrogen (secondary N) is 1. The quantitative estimate of drug-likeness (QED) is 0.530. The van der Waals surface area contributed by atoms with E-state index in [1.165, 1.54) is 7.05 Å². The molecule has 6 heteroatoms. The second-order valence-electron chi connectivity index (χ2n) is 3.23. The van der Waals surface area contributed by atoms with Crippen LogP contribution in [0.1, 0.15) is 13.8 Å². The van der Waals surface area contributed by atoms with Crippen molar-refractivity contribution in [3.63, 3.8) is 0 Å². The van der Waals surface area contributed by atoms with Crippen LogP contribution in [0.3, 0.4) is 0 Å². The summed E-state index contributed by atoms with van der Waals surface area (Å²) in [6.45, 7) is 4.55. The topological polar surface area (TPSA) is 59.9 Å². The highest BCUT2D eigenvalue weighted by Crippen LogP contribution is 2.30. The van der Waals surface area contributed by atoms with Gasteiger partial charge in [0.05, 0.1) is 11.4 Å². The molecule has 0 spiro atoms. The van der Waals surface area contributed by atoms with E-state index in [-0.39, 0.29) is 4.75 Å². The fraction of sp³-hybridized carbons (Fsp3) is 0.750. The standard InChI is InChI=1S/C8H14N2O3S/c1-8(2)6(12-4-5-14-8)10-13-7(11)9-3/h4-5H2,1-3H3,(H,9,11). The van der Waals surface area contributed by atoms with Crippen molar-refractivity contribution >= 4 is 23.8 Å². The van der Waals surface area contributed by atoms with Crippen LogP contribution in [0.15, 0.2) is 5.16 Å². The van der Waals surface area contributed by atoms with Gasteiger partial charge in [-0.15, -0.1) is 11.8 Å². The number of ether oxygens (including phenoxy) is 1. The molecule has 0 saturated carbocycles. The second kappa shape index (κ2) is 4.54. The van der Waals surface area contributed by atoms with Crippen molar-refractivity contribution in [2.24, 2.45) is 5.16 Å². The monoisotopic (exact) mass is 218 g/mol. The maximum Gasteiger partial charge on any atom is 0.433 e. The zero-order chi connectivity index (χ0) is 10.6. The summed E-state index contributed by atoms with van der Waals surface area (Å²) in [5.41, 5.74) is 0. The van der Waals surface area contributed by atoms with Gasteiger partial charge in [-0.2, -0.15) is 0 Å². The van der Waals surface area contributed by atoms with E-state index < -0.39 is 6.09 Å². The number of oxime groups is 1. The Morgan fingerprint density at radius 1 is 1.71 bits per heavy atom. The van der Waals surface area contributed by atoms with Gasteiger partial charge in [0.25, 0.3) is 0 Å². The molecule has 0 aromatic rings. The molecular formula is C8H14N2O3S. The van der Waals surface area contributed by atoms with Crippen LogP contribution in [0, 0.1) is 0 Å². The molecule has 5 nitrogen and oxygen atoms in total. The van der Waals surface area contributed by atoms with Gasteiger partial charge in [-0.1, -0.05) is 0 Å². The van der Waals surface area contributed by atoms with Crippen LogP contribution in [0.5, 0.6) is 0 Å². The van der Waals surface area contributed by atoms with Crippen LogP contribution in [0.2, 0.25) is 0 Å². The maximum absolute atomic E-state index is 10.8. The molecule has 0 aromatic carbocycles. The number of amides is 1. The van der Waals surface area contributed by atoms with E-state index in [9.17, 15) is 4.79 Å². The Kier molecular flexibility index (Phi) is 3.62. The van der Waals surface area contributed by atoms with Crippen molar-refractivity contribution in [1.82, 2.24) is 5.32 Å². The number of nitrogens with zero attached hydrogens (tertiary/aromatic N) is 1. The zero-order valence-corrected chi connectivity index (χ0v) is 9.31. The molecule has 0 aromatic heterocycles. The molecule has 0 bridgehead atoms. The van der Waals surface area contributed by atoms with Gasteiger partial charge in [0.2, 0.25) is 5.90 Å². The SMILES string of the molecule is CNC(=O)ON=C1OCCSC1(C)C. The highest BCUT2D eigenvalue weighted by molar-refractivity contribution is 8.01. The van der Waals surface area contributed by atoms with Gasteiger partial charge < -0.3 is 10.1 Å². The van der Waals surface area contributed by atoms with E-state index in [0.29, 0.717) is 12.5 Å². The first-order valence-electron chi connectivity index (χ1n) is 4.30. The molecule has 1 aliphatic heterocycles. The van der Waals surface area contributed by atoms with Crippen molar-refractivity contribution < 1.29 is 14.4 Å². The molecule has 1 fully saturated rings. The smallest absolute Gasteiger partial charge is 0.433 e. The van der Waals surface area contributed by atoms with Crippen LogP contribution in [-0.2, 0) is 9.57 Å². The molecule has 1 rings (SSSR count). The largest absolute Gasteiger partial charge is 0.477 e. The predicted octanol–water partition coefficient (Wildman–Crippen LogP) is 1.20. The molecule has 80 valence electrons. The lowest BCUT2D eigenvalue weighted by Gasteiger charge is -2.29. The van der Waals surface area contributed by atoms with Crippen LogP contribution in [0.4, 0.5) is 4.79 Å². The van der Waals surface area contributed by atoms with Gasteiger partial charge in [-0.3, -0.25) is 4.84 Å². The number of rotatable bonds is 1. The molecule has 0 atom stereocenters. The first kappa shape index (κ1) is 11.2. The third-order valence-corrected chi connectivity index (χ3v) is 2.98. The molecular weight excluding hydrogens is 204 g/mol. The Labute approximate surface area is 87.2 Å². The van der Waals surface area contributed by atoms with E-state index in [2.05, 4.69) is 15.3 Å². The average molecular weight is 218 g/mol. The molecule has 0 unspecified atom stereocenters. The predicted molar refractivity (Wildman–Crippen MR) is 55.5 cm³/mol. The van der Waals surface area contributed by atoms with Gasteiger partial charge in [-0.25, -0.2) is 4.79 Å². The highest BCUT2D eigenvalue weighted by Gasteiger charge is 2.32. The number of carbonyl (C=O) groups excluding carboxylic acids is 1. The summed E-state index contributed by atoms with van der Waals surface area (Å²) in [5.74, 6) is 1.38. The normalized spacial score (nSPS) is 22.6. The molecule has 1 heterocycles. The summed E-state index contributed by atoms with van der Waals surface area (Å²) in [6.07, 6.45) is -0.590. The summed E-state index contributed by atoms with van der Waals surface area (Å²) in [5, 5.41) is 5.97. The molecule has 1 N–H and O–H groups in total. The van der Waals surface area contributed by atoms with E-state index >= 15 is 0 Å². The first-order chi connectivity index (χ1) is 6.56. The van der Waals surface area contributed by atoms with Crippen LogP contribution in [0.25, 0.3) is 0 Å². The number of thioether (sulfide) groups is 1. The summed E-state index contributed by atoms with van der Waals surface area (Å²) < 4.78 is 5.08. The molecule has 1 aliphatic rings. The van der Waals surface area contributed by atoms with E-state index in [4.69, 9.17) is 4.74 Å². The summed E-state index contributed by atoms with van der Waals surface area (Å²) in [4.78, 5) is 15.3. The Morgan fingerprint density at radius 2 is 2.43 bits per heavy atom. The van der Waals surface area contributed by atoms with Crippen LogP contribution in [-0.4, -0.2) is 36.1 Å². The van der Waals surface area contributed by atoms with Gasteiger partial charge in [0.15, 0.2) is 0 Å². The third-order valence-electron chi connectivity index (χ3n) is 1.72. The van der Waals surface area contributed by atoms with Crippen LogP contribution >= 0.6 is 11.8 Å². The molecule has 14 heavy (non-hydrogen) atoms. The Bertz CT molecular complexity index is 253. The Balaban J connectivity index is 2.60. The minimum atomic E-state index is -0.590. The second-order valence-corrected chi connectivity index (χ2v) is 4.95. The number of hydrogen-bond donors (Lipinski definition) is 1. The van der Waals surface area contributed by atoms with Gasteiger partial charge >= 0.3 is 6.09 Å². The van der Waals surface area contributed by atoms with Crippen molar-refractivity contribution in [2.75, 3.05) is 19.4 Å². The fourth-order valence-corrected chi connectivity index (χ4v) is 1.83. The van der Waals surface area contributed by atoms with Gasteiger partial charge in [0, 0.05) is 12.8 Å². The third kappa shape index (κ3) is 2.80. The molecule has 1 amide bonds. The first-order valence-corrected chi connectivity index (χ1v) is 5.29. The molecule has 0 radical (unpaired) electrons. The Hall–Kier alpha value is -0.910. The maximum atomic E-state index is 10.8. The lowest BCUT2D eigenvalue weighted by Crippen LogP contribution is -2.36. The van der Waals surface area contributed by atoms with Gasteiger partial charge in [0.1, 0.15) is 0 Å².